The Morgan fingerprint density at radius 3 is 2.75 bits per heavy atom. The van der Waals surface area contributed by atoms with Crippen LogP contribution in [0.2, 0.25) is 0 Å². The molecule has 0 radical (unpaired) electrons. The van der Waals surface area contributed by atoms with Gasteiger partial charge in [-0.3, -0.25) is 25.8 Å². The third-order valence-corrected chi connectivity index (χ3v) is 4.07. The maximum absolute atomic E-state index is 11.9. The quantitative estimate of drug-likeness (QED) is 0.760. The van der Waals surface area contributed by atoms with E-state index in [9.17, 15) is 9.59 Å². The lowest BCUT2D eigenvalue weighted by molar-refractivity contribution is -0.121. The average molecular weight is 295 g/mol. The van der Waals surface area contributed by atoms with Gasteiger partial charge in [0.05, 0.1) is 0 Å². The van der Waals surface area contributed by atoms with Crippen LogP contribution in [0.5, 0.6) is 0 Å². The van der Waals surface area contributed by atoms with Crippen molar-refractivity contribution in [3.8, 4) is 0 Å². The molecule has 0 bridgehead atoms. The Bertz CT molecular complexity index is 536. The van der Waals surface area contributed by atoms with Gasteiger partial charge in [-0.15, -0.1) is 10.2 Å². The van der Waals surface area contributed by atoms with E-state index in [1.54, 1.807) is 0 Å². The molecule has 2 rings (SSSR count). The van der Waals surface area contributed by atoms with E-state index in [1.807, 2.05) is 0 Å². The lowest BCUT2D eigenvalue weighted by Crippen LogP contribution is -2.43. The topological polar surface area (TPSA) is 96.0 Å². The summed E-state index contributed by atoms with van der Waals surface area (Å²) >= 11 is 1.39. The van der Waals surface area contributed by atoms with Crippen LogP contribution in [0.25, 0.3) is 0 Å². The zero-order valence-electron chi connectivity index (χ0n) is 11.4. The normalized spacial score (nSPS) is 14.6. The van der Waals surface area contributed by atoms with Gasteiger partial charge >= 0.3 is 0 Å². The summed E-state index contributed by atoms with van der Waals surface area (Å²) in [4.78, 5) is 22.9. The van der Waals surface area contributed by atoms with Crippen molar-refractivity contribution in [1.82, 2.24) is 21.0 Å². The Balaban J connectivity index is 2.00. The van der Waals surface area contributed by atoms with E-state index < -0.39 is 0 Å². The number of hydrazine groups is 1. The molecule has 108 valence electrons. The Morgan fingerprint density at radius 2 is 2.15 bits per heavy atom. The first-order valence-corrected chi connectivity index (χ1v) is 7.35. The van der Waals surface area contributed by atoms with Crippen LogP contribution in [-0.4, -0.2) is 22.0 Å². The second-order valence-corrected chi connectivity index (χ2v) is 5.42. The minimum atomic E-state index is -0.336. The molecule has 0 unspecified atom stereocenters. The summed E-state index contributed by atoms with van der Waals surface area (Å²) in [5.74, 6) is -0.129. The van der Waals surface area contributed by atoms with Crippen LogP contribution in [0.15, 0.2) is 11.8 Å². The molecule has 2 heterocycles. The number of hydrogen-bond acceptors (Lipinski definition) is 6. The lowest BCUT2D eigenvalue weighted by atomic mass is 10.1. The van der Waals surface area contributed by atoms with Gasteiger partial charge < -0.3 is 0 Å². The molecule has 0 aliphatic carbocycles. The standard InChI is InChI=1S/C12H17N5O2S/c1-3-7(4-2)11-16-17-12(20-11)13-10(19)8-5-6-9(18)15-14-8/h5,7,14H,3-4,6H2,1-2H3,(H,15,18)(H,13,17,19). The first kappa shape index (κ1) is 14.4. The highest BCUT2D eigenvalue weighted by molar-refractivity contribution is 7.15. The largest absolute Gasteiger partial charge is 0.295 e. The van der Waals surface area contributed by atoms with E-state index >= 15 is 0 Å². The minimum absolute atomic E-state index is 0.173. The van der Waals surface area contributed by atoms with E-state index in [4.69, 9.17) is 0 Å². The van der Waals surface area contributed by atoms with E-state index in [2.05, 4.69) is 40.2 Å². The molecular weight excluding hydrogens is 278 g/mol. The van der Waals surface area contributed by atoms with Gasteiger partial charge in [0.1, 0.15) is 10.7 Å². The molecule has 0 aromatic carbocycles. The smallest absolute Gasteiger partial charge is 0.275 e. The Morgan fingerprint density at radius 1 is 1.40 bits per heavy atom. The maximum Gasteiger partial charge on any atom is 0.275 e. The zero-order valence-corrected chi connectivity index (χ0v) is 12.2. The lowest BCUT2D eigenvalue weighted by Gasteiger charge is -2.15. The van der Waals surface area contributed by atoms with E-state index in [0.717, 1.165) is 17.8 Å². The van der Waals surface area contributed by atoms with Crippen molar-refractivity contribution in [1.29, 1.82) is 0 Å². The summed E-state index contributed by atoms with van der Waals surface area (Å²) in [6, 6.07) is 0. The van der Waals surface area contributed by atoms with Gasteiger partial charge in [-0.1, -0.05) is 25.2 Å². The highest BCUT2D eigenvalue weighted by atomic mass is 32.1. The van der Waals surface area contributed by atoms with Gasteiger partial charge in [0, 0.05) is 12.3 Å². The van der Waals surface area contributed by atoms with Gasteiger partial charge in [-0.05, 0) is 18.9 Å². The highest BCUT2D eigenvalue weighted by Gasteiger charge is 2.18. The molecule has 0 saturated carbocycles. The first-order chi connectivity index (χ1) is 9.63. The third-order valence-electron chi connectivity index (χ3n) is 3.07. The Hall–Kier alpha value is -1.96. The molecule has 7 nitrogen and oxygen atoms in total. The van der Waals surface area contributed by atoms with Gasteiger partial charge in [0.2, 0.25) is 11.0 Å². The first-order valence-electron chi connectivity index (χ1n) is 6.53. The van der Waals surface area contributed by atoms with Gasteiger partial charge in [-0.2, -0.15) is 0 Å². The molecule has 2 amide bonds. The molecule has 0 fully saturated rings. The van der Waals surface area contributed by atoms with Crippen molar-refractivity contribution in [3.63, 3.8) is 0 Å². The van der Waals surface area contributed by atoms with Crippen molar-refractivity contribution in [2.75, 3.05) is 5.32 Å². The van der Waals surface area contributed by atoms with Crippen LogP contribution < -0.4 is 16.2 Å². The molecule has 20 heavy (non-hydrogen) atoms. The number of aromatic nitrogens is 2. The summed E-state index contributed by atoms with van der Waals surface area (Å²) in [5, 5.41) is 12.2. The summed E-state index contributed by atoms with van der Waals surface area (Å²) in [6.07, 6.45) is 3.72. The zero-order chi connectivity index (χ0) is 14.5. The number of rotatable bonds is 5. The summed E-state index contributed by atoms with van der Waals surface area (Å²) in [6.45, 7) is 4.21. The van der Waals surface area contributed by atoms with Crippen LogP contribution in [0.3, 0.4) is 0 Å². The molecule has 1 aliphatic rings. The SMILES string of the molecule is CCC(CC)c1nnc(NC(=O)C2=CCC(=O)NN2)s1. The fraction of sp³-hybridized carbons (Fsp3) is 0.500. The van der Waals surface area contributed by atoms with Crippen LogP contribution in [0.4, 0.5) is 5.13 Å². The maximum atomic E-state index is 11.9. The predicted molar refractivity (Wildman–Crippen MR) is 75.8 cm³/mol. The van der Waals surface area contributed by atoms with E-state index in [1.165, 1.54) is 17.4 Å². The number of anilines is 1. The molecular formula is C12H17N5O2S. The van der Waals surface area contributed by atoms with Crippen LogP contribution in [0.1, 0.15) is 44.0 Å². The number of amides is 2. The molecule has 8 heteroatoms. The number of nitrogens with one attached hydrogen (secondary N) is 3. The van der Waals surface area contributed by atoms with E-state index in [0.29, 0.717) is 16.7 Å². The molecule has 1 aromatic rings. The minimum Gasteiger partial charge on any atom is -0.295 e. The molecule has 0 saturated heterocycles. The Kier molecular flexibility index (Phi) is 4.67. The van der Waals surface area contributed by atoms with Gasteiger partial charge in [0.15, 0.2) is 0 Å². The van der Waals surface area contributed by atoms with Gasteiger partial charge in [0.25, 0.3) is 5.91 Å². The second-order valence-electron chi connectivity index (χ2n) is 4.41. The molecule has 0 atom stereocenters. The van der Waals surface area contributed by atoms with Gasteiger partial charge in [-0.25, -0.2) is 0 Å². The molecule has 3 N–H and O–H groups in total. The van der Waals surface area contributed by atoms with Crippen molar-refractivity contribution in [2.45, 2.75) is 39.0 Å². The fourth-order valence-corrected chi connectivity index (χ4v) is 2.84. The van der Waals surface area contributed by atoms with Crippen molar-refractivity contribution >= 4 is 28.3 Å². The van der Waals surface area contributed by atoms with Crippen molar-refractivity contribution < 1.29 is 9.59 Å². The van der Waals surface area contributed by atoms with Crippen LogP contribution in [-0.2, 0) is 9.59 Å². The molecule has 0 spiro atoms. The second kappa shape index (κ2) is 6.47. The Labute approximate surface area is 120 Å². The average Bonchev–Trinajstić information content (AvgIpc) is 2.89. The summed E-state index contributed by atoms with van der Waals surface area (Å²) in [7, 11) is 0. The van der Waals surface area contributed by atoms with Crippen LogP contribution >= 0.6 is 11.3 Å². The van der Waals surface area contributed by atoms with E-state index in [-0.39, 0.29) is 18.2 Å². The van der Waals surface area contributed by atoms with Crippen molar-refractivity contribution in [3.05, 3.63) is 16.8 Å². The van der Waals surface area contributed by atoms with Crippen molar-refractivity contribution in [2.24, 2.45) is 0 Å². The van der Waals surface area contributed by atoms with Crippen LogP contribution in [0, 0.1) is 0 Å². The number of hydrogen-bond donors (Lipinski definition) is 3. The third kappa shape index (κ3) is 3.32. The highest BCUT2D eigenvalue weighted by Crippen LogP contribution is 2.28. The summed E-state index contributed by atoms with van der Waals surface area (Å²) < 4.78 is 0. The summed E-state index contributed by atoms with van der Waals surface area (Å²) in [5.41, 5.74) is 5.25. The fourth-order valence-electron chi connectivity index (χ4n) is 1.84. The molecule has 1 aliphatic heterocycles. The number of nitrogens with zero attached hydrogens (tertiary/aromatic N) is 2. The molecule has 1 aromatic heterocycles. The number of carbonyl (C=O) groups is 2. The number of carbonyl (C=O) groups excluding carboxylic acids is 2. The monoisotopic (exact) mass is 295 g/mol. The predicted octanol–water partition coefficient (Wildman–Crippen LogP) is 1.29.